The van der Waals surface area contributed by atoms with E-state index in [0.29, 0.717) is 6.42 Å². The molecule has 0 spiro atoms. The van der Waals surface area contributed by atoms with E-state index in [-0.39, 0.29) is 18.0 Å². The molecule has 1 aliphatic rings. The monoisotopic (exact) mass is 378 g/mol. The number of aromatic nitrogens is 1. The third kappa shape index (κ3) is 3.09. The minimum absolute atomic E-state index is 0.0416. The van der Waals surface area contributed by atoms with Crippen LogP contribution in [0.1, 0.15) is 41.4 Å². The number of nitrogens with zero attached hydrogens (tertiary/aromatic N) is 2. The van der Waals surface area contributed by atoms with E-state index in [2.05, 4.69) is 42.5 Å². The van der Waals surface area contributed by atoms with Crippen molar-refractivity contribution in [2.24, 2.45) is 0 Å². The predicted octanol–water partition coefficient (Wildman–Crippen LogP) is 5.47. The molecule has 3 heteroatoms. The van der Waals surface area contributed by atoms with Crippen molar-refractivity contribution in [3.05, 3.63) is 113 Å². The lowest BCUT2D eigenvalue weighted by atomic mass is 9.84. The lowest BCUT2D eigenvalue weighted by Gasteiger charge is -2.43. The van der Waals surface area contributed by atoms with Crippen LogP contribution in [-0.4, -0.2) is 15.8 Å². The van der Waals surface area contributed by atoms with Crippen LogP contribution in [0.25, 0.3) is 10.9 Å². The Labute approximate surface area is 170 Å². The molecular formula is C26H22N2O. The fourth-order valence-corrected chi connectivity index (χ4v) is 4.51. The number of benzene rings is 3. The molecule has 0 unspecified atom stereocenters. The minimum atomic E-state index is -0.153. The Morgan fingerprint density at radius 3 is 2.17 bits per heavy atom. The summed E-state index contributed by atoms with van der Waals surface area (Å²) in [5.41, 5.74) is 5.45. The minimum Gasteiger partial charge on any atom is -0.324 e. The maximum Gasteiger partial charge on any atom is 0.220 e. The molecule has 1 aliphatic heterocycles. The summed E-state index contributed by atoms with van der Waals surface area (Å²) in [6.07, 6.45) is 0.715. The van der Waals surface area contributed by atoms with Crippen molar-refractivity contribution in [2.75, 3.05) is 0 Å². The van der Waals surface area contributed by atoms with E-state index in [1.165, 1.54) is 0 Å². The van der Waals surface area contributed by atoms with Gasteiger partial charge in [-0.25, -0.2) is 0 Å². The van der Waals surface area contributed by atoms with Gasteiger partial charge < -0.3 is 4.90 Å². The van der Waals surface area contributed by atoms with Gasteiger partial charge in [0.1, 0.15) is 0 Å². The molecule has 3 nitrogen and oxygen atoms in total. The number of pyridine rings is 1. The van der Waals surface area contributed by atoms with E-state index >= 15 is 0 Å². The Kier molecular flexibility index (Phi) is 4.36. The quantitative estimate of drug-likeness (QED) is 0.463. The van der Waals surface area contributed by atoms with Gasteiger partial charge in [-0.3, -0.25) is 9.78 Å². The molecule has 0 aliphatic carbocycles. The number of carbonyl (C=O) groups excluding carboxylic acids is 1. The second-order valence-electron chi connectivity index (χ2n) is 7.59. The van der Waals surface area contributed by atoms with Gasteiger partial charge in [-0.1, -0.05) is 78.9 Å². The first-order valence-corrected chi connectivity index (χ1v) is 10.00. The molecule has 1 aromatic heterocycles. The summed E-state index contributed by atoms with van der Waals surface area (Å²) in [6, 6.07) is 30.8. The first kappa shape index (κ1) is 17.6. The molecule has 3 aromatic carbocycles. The maximum atomic E-state index is 12.9. The van der Waals surface area contributed by atoms with Gasteiger partial charge in [-0.05, 0) is 23.3 Å². The summed E-state index contributed by atoms with van der Waals surface area (Å²) >= 11 is 0. The summed E-state index contributed by atoms with van der Waals surface area (Å²) in [5.74, 6) is 0.0755. The molecule has 4 aromatic rings. The fraction of sp³-hybridized carbons (Fsp3) is 0.154. The van der Waals surface area contributed by atoms with Crippen LogP contribution in [0.3, 0.4) is 0 Å². The molecule has 0 fully saturated rings. The second kappa shape index (κ2) is 7.17. The zero-order valence-electron chi connectivity index (χ0n) is 16.3. The van der Waals surface area contributed by atoms with Gasteiger partial charge in [0.15, 0.2) is 0 Å². The maximum absolute atomic E-state index is 12.9. The largest absolute Gasteiger partial charge is 0.324 e. The molecule has 1 amide bonds. The van der Waals surface area contributed by atoms with Crippen LogP contribution < -0.4 is 0 Å². The first-order valence-electron chi connectivity index (χ1n) is 10.00. The average molecular weight is 378 g/mol. The number of rotatable bonds is 2. The highest BCUT2D eigenvalue weighted by Gasteiger charge is 2.38. The molecule has 0 saturated heterocycles. The summed E-state index contributed by atoms with van der Waals surface area (Å²) in [7, 11) is 0. The fourth-order valence-electron chi connectivity index (χ4n) is 4.51. The van der Waals surface area contributed by atoms with Crippen molar-refractivity contribution >= 4 is 16.8 Å². The van der Waals surface area contributed by atoms with E-state index in [1.807, 2.05) is 53.4 Å². The van der Waals surface area contributed by atoms with Crippen molar-refractivity contribution < 1.29 is 4.79 Å². The lowest BCUT2D eigenvalue weighted by Crippen LogP contribution is -2.42. The van der Waals surface area contributed by atoms with Crippen LogP contribution in [-0.2, 0) is 11.2 Å². The summed E-state index contributed by atoms with van der Waals surface area (Å²) in [5, 5.41) is 1.11. The van der Waals surface area contributed by atoms with Gasteiger partial charge in [0.05, 0.1) is 17.6 Å². The first-order chi connectivity index (χ1) is 14.2. The molecule has 5 rings (SSSR count). The number of fused-ring (bicyclic) bond motifs is 2. The molecule has 0 saturated carbocycles. The molecule has 0 bridgehead atoms. The van der Waals surface area contributed by atoms with Crippen LogP contribution in [0, 0.1) is 0 Å². The van der Waals surface area contributed by atoms with Crippen molar-refractivity contribution in [3.63, 3.8) is 0 Å². The Morgan fingerprint density at radius 2 is 1.48 bits per heavy atom. The van der Waals surface area contributed by atoms with E-state index in [1.54, 1.807) is 6.92 Å². The van der Waals surface area contributed by atoms with E-state index in [4.69, 9.17) is 4.98 Å². The van der Waals surface area contributed by atoms with Gasteiger partial charge >= 0.3 is 0 Å². The topological polar surface area (TPSA) is 33.2 Å². The van der Waals surface area contributed by atoms with E-state index in [0.717, 1.165) is 33.3 Å². The van der Waals surface area contributed by atoms with Gasteiger partial charge in [-0.2, -0.15) is 0 Å². The highest BCUT2D eigenvalue weighted by Crippen LogP contribution is 2.43. The normalized spacial score (nSPS) is 18.4. The standard InChI is InChI=1S/C26H22N2O/c1-18(29)28-25(19-10-4-2-5-11-19)17-24-22(26(28)20-12-6-3-7-13-20)16-21-14-8-9-15-23(21)27-24/h2-16,25-26H,17H2,1H3/t25-,26-/m1/s1. The zero-order chi connectivity index (χ0) is 19.8. The van der Waals surface area contributed by atoms with E-state index < -0.39 is 0 Å². The Hall–Kier alpha value is -3.46. The zero-order valence-corrected chi connectivity index (χ0v) is 16.3. The highest BCUT2D eigenvalue weighted by atomic mass is 16.2. The molecule has 2 atom stereocenters. The number of amides is 1. The summed E-state index contributed by atoms with van der Waals surface area (Å²) in [6.45, 7) is 1.67. The molecule has 29 heavy (non-hydrogen) atoms. The van der Waals surface area contributed by atoms with Crippen molar-refractivity contribution in [2.45, 2.75) is 25.4 Å². The van der Waals surface area contributed by atoms with Gasteiger partial charge in [-0.15, -0.1) is 0 Å². The molecule has 142 valence electrons. The van der Waals surface area contributed by atoms with Crippen molar-refractivity contribution in [1.29, 1.82) is 0 Å². The predicted molar refractivity (Wildman–Crippen MR) is 115 cm³/mol. The van der Waals surface area contributed by atoms with Crippen LogP contribution in [0.15, 0.2) is 91.0 Å². The Morgan fingerprint density at radius 1 is 0.862 bits per heavy atom. The molecular weight excluding hydrogens is 356 g/mol. The third-order valence-corrected chi connectivity index (χ3v) is 5.79. The van der Waals surface area contributed by atoms with Gasteiger partial charge in [0.2, 0.25) is 5.91 Å². The van der Waals surface area contributed by atoms with Crippen molar-refractivity contribution in [1.82, 2.24) is 9.88 Å². The molecule has 2 heterocycles. The lowest BCUT2D eigenvalue weighted by molar-refractivity contribution is -0.134. The van der Waals surface area contributed by atoms with Gasteiger partial charge in [0.25, 0.3) is 0 Å². The summed E-state index contributed by atoms with van der Waals surface area (Å²) in [4.78, 5) is 20.0. The average Bonchev–Trinajstić information content (AvgIpc) is 2.77. The Bertz CT molecular complexity index is 1170. The van der Waals surface area contributed by atoms with Crippen LogP contribution in [0.4, 0.5) is 0 Å². The number of para-hydroxylation sites is 1. The van der Waals surface area contributed by atoms with Crippen LogP contribution in [0.2, 0.25) is 0 Å². The van der Waals surface area contributed by atoms with Crippen LogP contribution >= 0.6 is 0 Å². The Balaban J connectivity index is 1.77. The number of hydrogen-bond acceptors (Lipinski definition) is 2. The number of carbonyl (C=O) groups is 1. The van der Waals surface area contributed by atoms with E-state index in [9.17, 15) is 4.79 Å². The van der Waals surface area contributed by atoms with Crippen LogP contribution in [0.5, 0.6) is 0 Å². The molecule has 0 N–H and O–H groups in total. The SMILES string of the molecule is CC(=O)N1[C@H](c2ccccc2)c2cc3ccccc3nc2C[C@@H]1c1ccccc1. The summed E-state index contributed by atoms with van der Waals surface area (Å²) < 4.78 is 0. The van der Waals surface area contributed by atoms with Crippen molar-refractivity contribution in [3.8, 4) is 0 Å². The van der Waals surface area contributed by atoms with Gasteiger partial charge in [0, 0.05) is 30.0 Å². The highest BCUT2D eigenvalue weighted by molar-refractivity contribution is 5.81. The third-order valence-electron chi connectivity index (χ3n) is 5.79. The number of hydrogen-bond donors (Lipinski definition) is 0. The smallest absolute Gasteiger partial charge is 0.220 e. The molecule has 0 radical (unpaired) electrons. The second-order valence-corrected chi connectivity index (χ2v) is 7.59.